The van der Waals surface area contributed by atoms with Crippen molar-refractivity contribution in [1.29, 1.82) is 0 Å². The maximum absolute atomic E-state index is 12.5. The van der Waals surface area contributed by atoms with Gasteiger partial charge < -0.3 is 15.2 Å². The Hall–Kier alpha value is -3.65. The van der Waals surface area contributed by atoms with Gasteiger partial charge in [-0.05, 0) is 48.9 Å². The number of benzene rings is 3. The van der Waals surface area contributed by atoms with Crippen LogP contribution in [0.25, 0.3) is 10.8 Å². The van der Waals surface area contributed by atoms with Crippen molar-refractivity contribution < 1.29 is 9.59 Å². The predicted octanol–water partition coefficient (Wildman–Crippen LogP) is 4.67. The number of nitrogens with zero attached hydrogens (tertiary/aromatic N) is 3. The third-order valence-electron chi connectivity index (χ3n) is 5.20. The maximum atomic E-state index is 12.5. The summed E-state index contributed by atoms with van der Waals surface area (Å²) in [5.74, 6) is 0.570. The summed E-state index contributed by atoms with van der Waals surface area (Å²) in [7, 11) is 0. The maximum Gasteiger partial charge on any atom is 0.251 e. The van der Waals surface area contributed by atoms with Crippen molar-refractivity contribution in [1.82, 2.24) is 20.1 Å². The van der Waals surface area contributed by atoms with E-state index in [0.29, 0.717) is 23.1 Å². The van der Waals surface area contributed by atoms with Crippen molar-refractivity contribution in [2.45, 2.75) is 31.6 Å². The lowest BCUT2D eigenvalue weighted by Gasteiger charge is -2.15. The van der Waals surface area contributed by atoms with Gasteiger partial charge in [-0.25, -0.2) is 0 Å². The number of fused-ring (bicyclic) bond motifs is 1. The van der Waals surface area contributed by atoms with E-state index in [4.69, 9.17) is 0 Å². The molecule has 0 fully saturated rings. The van der Waals surface area contributed by atoms with Crippen LogP contribution in [0.1, 0.15) is 36.1 Å². The lowest BCUT2D eigenvalue weighted by Crippen LogP contribution is -2.28. The second-order valence-electron chi connectivity index (χ2n) is 7.54. The summed E-state index contributed by atoms with van der Waals surface area (Å²) < 4.78 is 1.92. The van der Waals surface area contributed by atoms with Gasteiger partial charge in [-0.1, -0.05) is 60.3 Å². The molecule has 2 N–H and O–H groups in total. The number of rotatable bonds is 8. The normalized spacial score (nSPS) is 11.8. The number of anilines is 1. The molecule has 168 valence electrons. The molecule has 0 aliphatic heterocycles. The van der Waals surface area contributed by atoms with Gasteiger partial charge in [0.1, 0.15) is 0 Å². The summed E-state index contributed by atoms with van der Waals surface area (Å²) in [5, 5.41) is 17.3. The van der Waals surface area contributed by atoms with Gasteiger partial charge in [0.15, 0.2) is 11.0 Å². The molecule has 2 amide bonds. The Bertz CT molecular complexity index is 1270. The molecule has 7 nitrogen and oxygen atoms in total. The number of carbonyl (C=O) groups excluding carboxylic acids is 2. The van der Waals surface area contributed by atoms with E-state index < -0.39 is 0 Å². The molecule has 8 heteroatoms. The van der Waals surface area contributed by atoms with Crippen molar-refractivity contribution in [2.24, 2.45) is 0 Å². The van der Waals surface area contributed by atoms with E-state index in [0.717, 1.165) is 16.5 Å². The van der Waals surface area contributed by atoms with Crippen molar-refractivity contribution >= 4 is 40.0 Å². The highest BCUT2D eigenvalue weighted by Gasteiger charge is 2.20. The minimum Gasteiger partial charge on any atom is -0.342 e. The highest BCUT2D eigenvalue weighted by atomic mass is 32.2. The van der Waals surface area contributed by atoms with Gasteiger partial charge in [0, 0.05) is 17.8 Å². The highest BCUT2D eigenvalue weighted by Crippen LogP contribution is 2.22. The molecule has 0 bridgehead atoms. The monoisotopic (exact) mass is 459 g/mol. The first kappa shape index (κ1) is 22.5. The lowest BCUT2D eigenvalue weighted by molar-refractivity contribution is -0.113. The molecule has 4 aromatic rings. The number of hydrogen-bond donors (Lipinski definition) is 2. The second kappa shape index (κ2) is 10.3. The molecule has 0 unspecified atom stereocenters. The number of carbonyl (C=O) groups is 2. The predicted molar refractivity (Wildman–Crippen MR) is 131 cm³/mol. The highest BCUT2D eigenvalue weighted by molar-refractivity contribution is 7.99. The van der Waals surface area contributed by atoms with Crippen molar-refractivity contribution in [3.8, 4) is 0 Å². The molecule has 4 rings (SSSR count). The Kier molecular flexibility index (Phi) is 7.04. The Morgan fingerprint density at radius 2 is 1.70 bits per heavy atom. The first-order valence-electron chi connectivity index (χ1n) is 10.8. The van der Waals surface area contributed by atoms with Crippen LogP contribution in [0.5, 0.6) is 0 Å². The summed E-state index contributed by atoms with van der Waals surface area (Å²) in [5.41, 5.74) is 1.35. The van der Waals surface area contributed by atoms with Crippen molar-refractivity contribution in [3.63, 3.8) is 0 Å². The Morgan fingerprint density at radius 1 is 0.970 bits per heavy atom. The van der Waals surface area contributed by atoms with Crippen LogP contribution in [-0.2, 0) is 11.3 Å². The van der Waals surface area contributed by atoms with E-state index in [-0.39, 0.29) is 23.6 Å². The van der Waals surface area contributed by atoms with Crippen LogP contribution in [0.15, 0.2) is 78.0 Å². The van der Waals surface area contributed by atoms with Crippen LogP contribution in [0.2, 0.25) is 0 Å². The zero-order valence-electron chi connectivity index (χ0n) is 18.5. The van der Waals surface area contributed by atoms with E-state index >= 15 is 0 Å². The summed E-state index contributed by atoms with van der Waals surface area (Å²) in [6.07, 6.45) is 0. The summed E-state index contributed by atoms with van der Waals surface area (Å²) in [4.78, 5) is 25.0. The molecule has 0 radical (unpaired) electrons. The Balaban J connectivity index is 1.38. The minimum absolute atomic E-state index is 0.118. The van der Waals surface area contributed by atoms with Gasteiger partial charge in [0.05, 0.1) is 11.8 Å². The molecule has 1 heterocycles. The van der Waals surface area contributed by atoms with Crippen LogP contribution < -0.4 is 10.6 Å². The van der Waals surface area contributed by atoms with Crippen LogP contribution in [0, 0.1) is 0 Å². The fraction of sp³-hybridized carbons (Fsp3) is 0.200. The molecule has 33 heavy (non-hydrogen) atoms. The molecule has 0 spiro atoms. The summed E-state index contributed by atoms with van der Waals surface area (Å²) >= 11 is 1.32. The number of amides is 2. The Labute approximate surface area is 196 Å². The van der Waals surface area contributed by atoms with Gasteiger partial charge in [0.25, 0.3) is 5.91 Å². The van der Waals surface area contributed by atoms with E-state index in [1.807, 2.05) is 79.1 Å². The van der Waals surface area contributed by atoms with Crippen LogP contribution in [0.4, 0.5) is 5.69 Å². The first-order chi connectivity index (χ1) is 16.0. The minimum atomic E-state index is -0.328. The average molecular weight is 460 g/mol. The van der Waals surface area contributed by atoms with Crippen molar-refractivity contribution in [2.75, 3.05) is 11.1 Å². The fourth-order valence-electron chi connectivity index (χ4n) is 3.55. The van der Waals surface area contributed by atoms with Crippen LogP contribution in [0.3, 0.4) is 0 Å². The van der Waals surface area contributed by atoms with Crippen LogP contribution in [-0.4, -0.2) is 32.3 Å². The molecule has 0 aliphatic rings. The topological polar surface area (TPSA) is 88.9 Å². The molecular weight excluding hydrogens is 434 g/mol. The number of hydrogen-bond acceptors (Lipinski definition) is 5. The van der Waals surface area contributed by atoms with E-state index in [2.05, 4.69) is 20.8 Å². The third kappa shape index (κ3) is 5.40. The van der Waals surface area contributed by atoms with E-state index in [1.54, 1.807) is 12.1 Å². The number of thioether (sulfide) groups is 1. The first-order valence-corrected chi connectivity index (χ1v) is 11.7. The van der Waals surface area contributed by atoms with Gasteiger partial charge in [0.2, 0.25) is 5.91 Å². The fourth-order valence-corrected chi connectivity index (χ4v) is 4.36. The summed E-state index contributed by atoms with van der Waals surface area (Å²) in [6.45, 7) is 4.48. The van der Waals surface area contributed by atoms with Gasteiger partial charge in [-0.15, -0.1) is 10.2 Å². The van der Waals surface area contributed by atoms with Gasteiger partial charge >= 0.3 is 0 Å². The quantitative estimate of drug-likeness (QED) is 0.374. The molecule has 0 aliphatic carbocycles. The van der Waals surface area contributed by atoms with Gasteiger partial charge in [-0.3, -0.25) is 9.59 Å². The molecular formula is C25H25N5O2S. The Morgan fingerprint density at radius 3 is 2.45 bits per heavy atom. The average Bonchev–Trinajstić information content (AvgIpc) is 3.26. The lowest BCUT2D eigenvalue weighted by atomic mass is 10.1. The molecule has 0 saturated heterocycles. The number of aromatic nitrogens is 3. The zero-order valence-corrected chi connectivity index (χ0v) is 19.3. The largest absolute Gasteiger partial charge is 0.342 e. The second-order valence-corrected chi connectivity index (χ2v) is 8.49. The van der Waals surface area contributed by atoms with Crippen LogP contribution >= 0.6 is 11.8 Å². The van der Waals surface area contributed by atoms with Gasteiger partial charge in [-0.2, -0.15) is 0 Å². The zero-order chi connectivity index (χ0) is 23.2. The van der Waals surface area contributed by atoms with Crippen molar-refractivity contribution in [3.05, 3.63) is 84.2 Å². The molecule has 1 aromatic heterocycles. The molecule has 1 atom stereocenters. The van der Waals surface area contributed by atoms with E-state index in [1.165, 1.54) is 11.8 Å². The third-order valence-corrected chi connectivity index (χ3v) is 6.16. The smallest absolute Gasteiger partial charge is 0.251 e. The SMILES string of the molecule is CCn1c(SCC(=O)Nc2ccc3ccccc3c2)nnc1[C@H](C)NC(=O)c1ccccc1. The number of nitrogens with one attached hydrogen (secondary N) is 2. The summed E-state index contributed by atoms with van der Waals surface area (Å²) in [6, 6.07) is 22.6. The molecule has 3 aromatic carbocycles. The van der Waals surface area contributed by atoms with E-state index in [9.17, 15) is 9.59 Å². The standard InChI is InChI=1S/C25H25N5O2S/c1-3-30-23(17(2)26-24(32)19-10-5-4-6-11-19)28-29-25(30)33-16-22(31)27-21-14-13-18-9-7-8-12-20(18)15-21/h4-15,17H,3,16H2,1-2H3,(H,26,32)(H,27,31)/t17-/m0/s1. The molecule has 0 saturated carbocycles.